The Morgan fingerprint density at radius 2 is 2.09 bits per heavy atom. The first-order valence-electron chi connectivity index (χ1n) is 7.48. The molecule has 1 N–H and O–H groups in total. The topological polar surface area (TPSA) is 73.9 Å². The lowest BCUT2D eigenvalue weighted by molar-refractivity contribution is -0.129. The van der Waals surface area contributed by atoms with E-state index in [0.717, 1.165) is 12.8 Å². The highest BCUT2D eigenvalue weighted by atomic mass is 35.5. The molecule has 0 spiro atoms. The van der Waals surface area contributed by atoms with Crippen LogP contribution in [0.5, 0.6) is 11.5 Å². The summed E-state index contributed by atoms with van der Waals surface area (Å²) in [6.45, 7) is 3.76. The van der Waals surface area contributed by atoms with E-state index in [1.165, 1.54) is 26.2 Å². The van der Waals surface area contributed by atoms with Crippen molar-refractivity contribution < 1.29 is 23.8 Å². The van der Waals surface area contributed by atoms with Crippen LogP contribution in [0.1, 0.15) is 37.0 Å². The fourth-order valence-corrected chi connectivity index (χ4v) is 2.22. The molecule has 6 nitrogen and oxygen atoms in total. The molecule has 2 rings (SSSR count). The molecule has 23 heavy (non-hydrogen) atoms. The predicted octanol–water partition coefficient (Wildman–Crippen LogP) is 2.57. The van der Waals surface area contributed by atoms with Gasteiger partial charge in [0.25, 0.3) is 5.91 Å². The number of nitrogens with one attached hydrogen (secondary N) is 1. The minimum atomic E-state index is -0.876. The lowest BCUT2D eigenvalue weighted by atomic mass is 10.2. The molecule has 1 aromatic carbocycles. The van der Waals surface area contributed by atoms with E-state index in [-0.39, 0.29) is 22.5 Å². The first kappa shape index (κ1) is 17.4. The molecule has 0 heterocycles. The minimum Gasteiger partial charge on any atom is -0.493 e. The van der Waals surface area contributed by atoms with E-state index in [1.807, 2.05) is 6.92 Å². The number of esters is 1. The van der Waals surface area contributed by atoms with Crippen molar-refractivity contribution in [2.24, 2.45) is 0 Å². The lowest BCUT2D eigenvalue weighted by Gasteiger charge is -2.15. The number of ether oxygens (including phenoxy) is 3. The first-order chi connectivity index (χ1) is 11.0. The molecule has 126 valence electrons. The van der Waals surface area contributed by atoms with Crippen LogP contribution in [0, 0.1) is 0 Å². The van der Waals surface area contributed by atoms with Crippen LogP contribution in [0.25, 0.3) is 0 Å². The van der Waals surface area contributed by atoms with Crippen molar-refractivity contribution in [3.63, 3.8) is 0 Å². The summed E-state index contributed by atoms with van der Waals surface area (Å²) in [4.78, 5) is 24.0. The molecule has 0 saturated heterocycles. The molecule has 1 aliphatic rings. The summed E-state index contributed by atoms with van der Waals surface area (Å²) in [5.74, 6) is -0.245. The van der Waals surface area contributed by atoms with Crippen LogP contribution in [0.4, 0.5) is 0 Å². The summed E-state index contributed by atoms with van der Waals surface area (Å²) in [7, 11) is 1.45. The van der Waals surface area contributed by atoms with Gasteiger partial charge in [-0.05, 0) is 38.8 Å². The summed E-state index contributed by atoms with van der Waals surface area (Å²) in [6.07, 6.45) is 1.07. The number of halogens is 1. The quantitative estimate of drug-likeness (QED) is 0.771. The molecule has 1 atom stereocenters. The van der Waals surface area contributed by atoms with E-state index >= 15 is 0 Å². The Morgan fingerprint density at radius 3 is 2.65 bits per heavy atom. The van der Waals surface area contributed by atoms with Gasteiger partial charge in [-0.15, -0.1) is 0 Å². The van der Waals surface area contributed by atoms with E-state index in [9.17, 15) is 9.59 Å². The molecule has 0 unspecified atom stereocenters. The van der Waals surface area contributed by atoms with Gasteiger partial charge in [-0.3, -0.25) is 4.79 Å². The maximum Gasteiger partial charge on any atom is 0.339 e. The minimum absolute atomic E-state index is 0.196. The number of rotatable bonds is 7. The summed E-state index contributed by atoms with van der Waals surface area (Å²) < 4.78 is 15.8. The lowest BCUT2D eigenvalue weighted by Crippen LogP contribution is -2.37. The van der Waals surface area contributed by atoms with Crippen LogP contribution in [-0.2, 0) is 9.53 Å². The van der Waals surface area contributed by atoms with E-state index in [0.29, 0.717) is 18.1 Å². The van der Waals surface area contributed by atoms with Crippen molar-refractivity contribution in [1.29, 1.82) is 0 Å². The third-order valence-corrected chi connectivity index (χ3v) is 3.61. The zero-order valence-electron chi connectivity index (χ0n) is 13.3. The average Bonchev–Trinajstić information content (AvgIpc) is 3.32. The zero-order chi connectivity index (χ0) is 17.0. The zero-order valence-corrected chi connectivity index (χ0v) is 14.1. The molecule has 7 heteroatoms. The maximum atomic E-state index is 12.2. The number of hydrogen-bond donors (Lipinski definition) is 1. The van der Waals surface area contributed by atoms with Crippen LogP contribution < -0.4 is 14.8 Å². The number of methoxy groups -OCH3 is 1. The standard InChI is InChI=1S/C16H20ClNO5/c1-4-22-14-12(17)7-10(8-13(14)21-3)16(20)23-9(2)15(19)18-11-5-6-11/h7-9,11H,4-6H2,1-3H3,(H,18,19)/t9-/m1/s1. The molecule has 1 fully saturated rings. The summed E-state index contributed by atoms with van der Waals surface area (Å²) in [5, 5.41) is 3.03. The van der Waals surface area contributed by atoms with Gasteiger partial charge >= 0.3 is 5.97 Å². The molecular formula is C16H20ClNO5. The van der Waals surface area contributed by atoms with Gasteiger partial charge in [0.05, 0.1) is 24.3 Å². The number of benzene rings is 1. The largest absolute Gasteiger partial charge is 0.493 e. The van der Waals surface area contributed by atoms with Crippen LogP contribution in [0.2, 0.25) is 5.02 Å². The molecule has 0 bridgehead atoms. The monoisotopic (exact) mass is 341 g/mol. The van der Waals surface area contributed by atoms with E-state index < -0.39 is 12.1 Å². The third kappa shape index (κ3) is 4.51. The SMILES string of the molecule is CCOc1c(Cl)cc(C(=O)O[C@H](C)C(=O)NC2CC2)cc1OC. The molecule has 1 aromatic rings. The second-order valence-electron chi connectivity index (χ2n) is 5.25. The molecular weight excluding hydrogens is 322 g/mol. The first-order valence-corrected chi connectivity index (χ1v) is 7.85. The molecule has 0 radical (unpaired) electrons. The molecule has 0 aromatic heterocycles. The Labute approximate surface area is 140 Å². The van der Waals surface area contributed by atoms with Crippen LogP contribution in [0.15, 0.2) is 12.1 Å². The van der Waals surface area contributed by atoms with Gasteiger partial charge in [0.1, 0.15) is 0 Å². The summed E-state index contributed by atoms with van der Waals surface area (Å²) >= 11 is 6.12. The van der Waals surface area contributed by atoms with Gasteiger partial charge in [-0.2, -0.15) is 0 Å². The number of hydrogen-bond acceptors (Lipinski definition) is 5. The van der Waals surface area contributed by atoms with Gasteiger partial charge in [0, 0.05) is 6.04 Å². The molecule has 1 aliphatic carbocycles. The fourth-order valence-electron chi connectivity index (χ4n) is 1.95. The van der Waals surface area contributed by atoms with Gasteiger partial charge < -0.3 is 19.5 Å². The highest BCUT2D eigenvalue weighted by Gasteiger charge is 2.27. The third-order valence-electron chi connectivity index (χ3n) is 3.33. The Hall–Kier alpha value is -1.95. The number of carbonyl (C=O) groups excluding carboxylic acids is 2. The van der Waals surface area contributed by atoms with Crippen molar-refractivity contribution in [2.75, 3.05) is 13.7 Å². The Kier molecular flexibility index (Phi) is 5.71. The summed E-state index contributed by atoms with van der Waals surface area (Å²) in [5.41, 5.74) is 0.196. The Balaban J connectivity index is 2.08. The van der Waals surface area contributed by atoms with Crippen molar-refractivity contribution in [1.82, 2.24) is 5.32 Å². The van der Waals surface area contributed by atoms with Crippen molar-refractivity contribution in [3.8, 4) is 11.5 Å². The van der Waals surface area contributed by atoms with E-state index in [2.05, 4.69) is 5.32 Å². The normalized spacial score (nSPS) is 14.8. The molecule has 1 saturated carbocycles. The predicted molar refractivity (Wildman–Crippen MR) is 85.2 cm³/mol. The van der Waals surface area contributed by atoms with E-state index in [4.69, 9.17) is 25.8 Å². The molecule has 0 aliphatic heterocycles. The number of carbonyl (C=O) groups is 2. The number of amides is 1. The van der Waals surface area contributed by atoms with Crippen LogP contribution in [0.3, 0.4) is 0 Å². The second kappa shape index (κ2) is 7.55. The second-order valence-corrected chi connectivity index (χ2v) is 5.66. The van der Waals surface area contributed by atoms with Crippen LogP contribution in [-0.4, -0.2) is 37.7 Å². The highest BCUT2D eigenvalue weighted by Crippen LogP contribution is 2.36. The van der Waals surface area contributed by atoms with E-state index in [1.54, 1.807) is 0 Å². The Morgan fingerprint density at radius 1 is 1.39 bits per heavy atom. The van der Waals surface area contributed by atoms with Crippen molar-refractivity contribution in [2.45, 2.75) is 38.8 Å². The van der Waals surface area contributed by atoms with Gasteiger partial charge in [-0.1, -0.05) is 11.6 Å². The van der Waals surface area contributed by atoms with Gasteiger partial charge in [0.15, 0.2) is 17.6 Å². The van der Waals surface area contributed by atoms with Crippen LogP contribution >= 0.6 is 11.6 Å². The Bertz CT molecular complexity index is 600. The smallest absolute Gasteiger partial charge is 0.339 e. The molecule has 1 amide bonds. The van der Waals surface area contributed by atoms with Gasteiger partial charge in [-0.25, -0.2) is 4.79 Å². The maximum absolute atomic E-state index is 12.2. The summed E-state index contributed by atoms with van der Waals surface area (Å²) in [6, 6.07) is 3.12. The average molecular weight is 342 g/mol. The highest BCUT2D eigenvalue weighted by molar-refractivity contribution is 6.32. The van der Waals surface area contributed by atoms with Gasteiger partial charge in [0.2, 0.25) is 0 Å². The fraction of sp³-hybridized carbons (Fsp3) is 0.500. The van der Waals surface area contributed by atoms with Crippen molar-refractivity contribution >= 4 is 23.5 Å². The van der Waals surface area contributed by atoms with Crippen molar-refractivity contribution in [3.05, 3.63) is 22.7 Å².